The van der Waals surface area contributed by atoms with E-state index in [1.807, 2.05) is 16.5 Å². The van der Waals surface area contributed by atoms with Gasteiger partial charge in [-0.2, -0.15) is 0 Å². The molecule has 1 aliphatic heterocycles. The molecule has 1 fully saturated rings. The summed E-state index contributed by atoms with van der Waals surface area (Å²) in [5.41, 5.74) is 0. The molecule has 100 valence electrons. The fraction of sp³-hybridized carbons (Fsp3) is 0.333. The number of aromatic nitrogens is 2. The van der Waals surface area contributed by atoms with Gasteiger partial charge in [-0.3, -0.25) is 0 Å². The Kier molecular flexibility index (Phi) is 3.65. The Morgan fingerprint density at radius 3 is 2.53 bits per heavy atom. The first-order valence-electron chi connectivity index (χ1n) is 5.94. The van der Waals surface area contributed by atoms with Crippen molar-refractivity contribution < 1.29 is 4.39 Å². The summed E-state index contributed by atoms with van der Waals surface area (Å²) >= 11 is 4.85. The quantitative estimate of drug-likeness (QED) is 0.839. The summed E-state index contributed by atoms with van der Waals surface area (Å²) < 4.78 is 14.5. The second kappa shape index (κ2) is 5.42. The zero-order valence-electron chi connectivity index (χ0n) is 10.1. The average molecular weight is 343 g/mol. The van der Waals surface area contributed by atoms with E-state index >= 15 is 0 Å². The number of piperazine rings is 1. The first kappa shape index (κ1) is 12.8. The van der Waals surface area contributed by atoms with Crippen LogP contribution < -0.4 is 9.80 Å². The zero-order chi connectivity index (χ0) is 13.2. The number of rotatable bonds is 2. The molecule has 0 N–H and O–H groups in total. The Morgan fingerprint density at radius 1 is 1.16 bits per heavy atom. The smallest absolute Gasteiger partial charge is 0.185 e. The van der Waals surface area contributed by atoms with E-state index in [1.54, 1.807) is 17.5 Å². The minimum Gasteiger partial charge on any atom is -0.351 e. The number of anilines is 2. The lowest BCUT2D eigenvalue weighted by atomic mass is 10.3. The minimum absolute atomic E-state index is 0.280. The van der Waals surface area contributed by atoms with Gasteiger partial charge in [-0.1, -0.05) is 0 Å². The predicted octanol–water partition coefficient (Wildman–Crippen LogP) is 2.77. The normalized spacial score (nSPS) is 15.9. The summed E-state index contributed by atoms with van der Waals surface area (Å²) in [5.74, 6) is 0.152. The van der Waals surface area contributed by atoms with Crippen molar-refractivity contribution >= 4 is 38.2 Å². The molecule has 7 heteroatoms. The van der Waals surface area contributed by atoms with Crippen molar-refractivity contribution in [2.75, 3.05) is 36.0 Å². The molecule has 1 aliphatic rings. The molecule has 4 nitrogen and oxygen atoms in total. The van der Waals surface area contributed by atoms with Crippen LogP contribution in [0, 0.1) is 5.82 Å². The molecule has 0 aromatic carbocycles. The van der Waals surface area contributed by atoms with Crippen LogP contribution in [0.2, 0.25) is 0 Å². The van der Waals surface area contributed by atoms with Crippen molar-refractivity contribution in [1.82, 2.24) is 9.97 Å². The summed E-state index contributed by atoms with van der Waals surface area (Å²) in [6, 6.07) is 1.45. The largest absolute Gasteiger partial charge is 0.351 e. The summed E-state index contributed by atoms with van der Waals surface area (Å²) in [7, 11) is 0. The Labute approximate surface area is 123 Å². The first-order valence-corrected chi connectivity index (χ1v) is 7.62. The van der Waals surface area contributed by atoms with Gasteiger partial charge >= 0.3 is 0 Å². The highest BCUT2D eigenvalue weighted by atomic mass is 79.9. The molecule has 3 heterocycles. The Bertz CT molecular complexity index is 555. The van der Waals surface area contributed by atoms with Crippen LogP contribution in [0.4, 0.5) is 15.3 Å². The molecule has 0 spiro atoms. The standard InChI is InChI=1S/C12H12BrFN4S/c13-9-7-10(14)11(16-8-9)17-2-4-18(5-3-17)12-15-1-6-19-12/h1,6-8H,2-5H2. The van der Waals surface area contributed by atoms with E-state index in [4.69, 9.17) is 0 Å². The molecule has 2 aromatic heterocycles. The van der Waals surface area contributed by atoms with Crippen LogP contribution >= 0.6 is 27.3 Å². The van der Waals surface area contributed by atoms with Gasteiger partial charge in [-0.05, 0) is 22.0 Å². The zero-order valence-corrected chi connectivity index (χ0v) is 12.5. The SMILES string of the molecule is Fc1cc(Br)cnc1N1CCN(c2nccs2)CC1. The molecule has 0 bridgehead atoms. The van der Waals surface area contributed by atoms with E-state index in [9.17, 15) is 4.39 Å². The van der Waals surface area contributed by atoms with Crippen LogP contribution in [0.5, 0.6) is 0 Å². The van der Waals surface area contributed by atoms with E-state index in [2.05, 4.69) is 30.8 Å². The highest BCUT2D eigenvalue weighted by molar-refractivity contribution is 9.10. The third kappa shape index (κ3) is 2.71. The van der Waals surface area contributed by atoms with Gasteiger partial charge in [-0.25, -0.2) is 14.4 Å². The van der Waals surface area contributed by atoms with E-state index in [0.717, 1.165) is 31.3 Å². The van der Waals surface area contributed by atoms with Crippen LogP contribution in [0.25, 0.3) is 0 Å². The number of hydrogen-bond donors (Lipinski definition) is 0. The van der Waals surface area contributed by atoms with Gasteiger partial charge in [0.05, 0.1) is 0 Å². The molecular weight excluding hydrogens is 331 g/mol. The molecule has 0 saturated carbocycles. The van der Waals surface area contributed by atoms with Crippen molar-refractivity contribution in [1.29, 1.82) is 0 Å². The minimum atomic E-state index is -0.280. The topological polar surface area (TPSA) is 32.3 Å². The number of hydrogen-bond acceptors (Lipinski definition) is 5. The Morgan fingerprint density at radius 2 is 1.89 bits per heavy atom. The molecule has 0 unspecified atom stereocenters. The lowest BCUT2D eigenvalue weighted by Crippen LogP contribution is -2.47. The second-order valence-electron chi connectivity index (χ2n) is 4.25. The molecular formula is C12H12BrFN4S. The molecule has 1 saturated heterocycles. The maximum Gasteiger partial charge on any atom is 0.185 e. The number of halogens is 2. The van der Waals surface area contributed by atoms with Gasteiger partial charge in [0.25, 0.3) is 0 Å². The molecule has 2 aromatic rings. The van der Waals surface area contributed by atoms with Crippen molar-refractivity contribution in [2.24, 2.45) is 0 Å². The van der Waals surface area contributed by atoms with E-state index in [0.29, 0.717) is 10.3 Å². The molecule has 0 amide bonds. The maximum atomic E-state index is 13.8. The molecule has 0 atom stereocenters. The van der Waals surface area contributed by atoms with E-state index < -0.39 is 0 Å². The summed E-state index contributed by atoms with van der Waals surface area (Å²) in [6.45, 7) is 3.19. The summed E-state index contributed by atoms with van der Waals surface area (Å²) in [6.07, 6.45) is 3.44. The highest BCUT2D eigenvalue weighted by Gasteiger charge is 2.21. The van der Waals surface area contributed by atoms with Gasteiger partial charge in [0, 0.05) is 48.4 Å². The van der Waals surface area contributed by atoms with E-state index in [-0.39, 0.29) is 5.82 Å². The van der Waals surface area contributed by atoms with Crippen LogP contribution in [0.3, 0.4) is 0 Å². The Hall–Kier alpha value is -1.21. The number of nitrogens with zero attached hydrogens (tertiary/aromatic N) is 4. The monoisotopic (exact) mass is 342 g/mol. The number of pyridine rings is 1. The van der Waals surface area contributed by atoms with Crippen molar-refractivity contribution in [3.63, 3.8) is 0 Å². The van der Waals surface area contributed by atoms with Gasteiger partial charge in [-0.15, -0.1) is 11.3 Å². The van der Waals surface area contributed by atoms with Crippen LogP contribution in [0.15, 0.2) is 28.3 Å². The molecule has 3 rings (SSSR count). The third-order valence-corrected chi connectivity index (χ3v) is 4.32. The maximum absolute atomic E-state index is 13.8. The molecule has 0 radical (unpaired) electrons. The van der Waals surface area contributed by atoms with Gasteiger partial charge < -0.3 is 9.80 Å². The third-order valence-electron chi connectivity index (χ3n) is 3.06. The first-order chi connectivity index (χ1) is 9.24. The van der Waals surface area contributed by atoms with Gasteiger partial charge in [0.1, 0.15) is 0 Å². The number of thiazole rings is 1. The Balaban J connectivity index is 1.70. The lowest BCUT2D eigenvalue weighted by Gasteiger charge is -2.35. The van der Waals surface area contributed by atoms with Gasteiger partial charge in [0.2, 0.25) is 0 Å². The summed E-state index contributed by atoms with van der Waals surface area (Å²) in [4.78, 5) is 12.7. The van der Waals surface area contributed by atoms with Crippen LogP contribution in [-0.2, 0) is 0 Å². The molecule has 19 heavy (non-hydrogen) atoms. The van der Waals surface area contributed by atoms with Gasteiger partial charge in [0.15, 0.2) is 16.8 Å². The fourth-order valence-electron chi connectivity index (χ4n) is 2.12. The fourth-order valence-corrected chi connectivity index (χ4v) is 3.12. The van der Waals surface area contributed by atoms with Crippen molar-refractivity contribution in [2.45, 2.75) is 0 Å². The van der Waals surface area contributed by atoms with E-state index in [1.165, 1.54) is 6.07 Å². The van der Waals surface area contributed by atoms with Crippen LogP contribution in [0.1, 0.15) is 0 Å². The highest BCUT2D eigenvalue weighted by Crippen LogP contribution is 2.23. The lowest BCUT2D eigenvalue weighted by molar-refractivity contribution is 0.587. The second-order valence-corrected chi connectivity index (χ2v) is 6.04. The van der Waals surface area contributed by atoms with Crippen molar-refractivity contribution in [3.8, 4) is 0 Å². The predicted molar refractivity (Wildman–Crippen MR) is 78.4 cm³/mol. The molecule has 0 aliphatic carbocycles. The van der Waals surface area contributed by atoms with Crippen molar-refractivity contribution in [3.05, 3.63) is 34.1 Å². The summed E-state index contributed by atoms with van der Waals surface area (Å²) in [5, 5.41) is 3.00. The van der Waals surface area contributed by atoms with Crippen LogP contribution in [-0.4, -0.2) is 36.1 Å². The average Bonchev–Trinajstić information content (AvgIpc) is 2.93.